The van der Waals surface area contributed by atoms with E-state index in [9.17, 15) is 0 Å². The van der Waals surface area contributed by atoms with Crippen molar-refractivity contribution in [1.29, 1.82) is 0 Å². The third kappa shape index (κ3) is 3.28. The van der Waals surface area contributed by atoms with Gasteiger partial charge in [0.05, 0.1) is 5.52 Å². The van der Waals surface area contributed by atoms with E-state index in [0.717, 1.165) is 60.6 Å². The maximum atomic E-state index is 6.59. The number of hydrogen-bond acceptors (Lipinski definition) is 5. The first-order valence-electron chi connectivity index (χ1n) is 8.69. The zero-order chi connectivity index (χ0) is 17.9. The van der Waals surface area contributed by atoms with E-state index >= 15 is 0 Å². The van der Waals surface area contributed by atoms with Crippen LogP contribution >= 0.6 is 11.6 Å². The quantitative estimate of drug-likeness (QED) is 0.660. The number of pyridine rings is 1. The monoisotopic (exact) mass is 365 g/mol. The first-order chi connectivity index (χ1) is 12.8. The SMILES string of the molecule is C=CCN1CCN(c2ncnc3cc(-c4cccnc4)c(Cl)cc23)CC1. The maximum absolute atomic E-state index is 6.59. The Kier molecular flexibility index (Phi) is 4.82. The summed E-state index contributed by atoms with van der Waals surface area (Å²) in [4.78, 5) is 17.9. The van der Waals surface area contributed by atoms with Gasteiger partial charge in [0.1, 0.15) is 12.1 Å². The second-order valence-electron chi connectivity index (χ2n) is 6.36. The van der Waals surface area contributed by atoms with Crippen LogP contribution in [-0.2, 0) is 0 Å². The third-order valence-electron chi connectivity index (χ3n) is 4.73. The summed E-state index contributed by atoms with van der Waals surface area (Å²) in [5.41, 5.74) is 2.82. The molecule has 2 aromatic heterocycles. The molecule has 1 fully saturated rings. The fraction of sp³-hybridized carbons (Fsp3) is 0.250. The molecule has 0 unspecified atom stereocenters. The fourth-order valence-corrected chi connectivity index (χ4v) is 3.66. The molecule has 0 aliphatic carbocycles. The molecule has 3 aromatic rings. The minimum atomic E-state index is 0.687. The number of aromatic nitrogens is 3. The van der Waals surface area contributed by atoms with E-state index in [0.29, 0.717) is 5.02 Å². The van der Waals surface area contributed by atoms with Crippen LogP contribution in [0.15, 0.2) is 55.6 Å². The summed E-state index contributed by atoms with van der Waals surface area (Å²) in [6, 6.07) is 7.91. The van der Waals surface area contributed by atoms with Gasteiger partial charge >= 0.3 is 0 Å². The highest BCUT2D eigenvalue weighted by molar-refractivity contribution is 6.34. The highest BCUT2D eigenvalue weighted by atomic mass is 35.5. The standard InChI is InChI=1S/C20H20ClN5/c1-2-6-25-7-9-26(10-8-25)20-17-11-18(21)16(12-19(17)23-14-24-20)15-4-3-5-22-13-15/h2-5,11-14H,1,6-10H2. The van der Waals surface area contributed by atoms with Crippen LogP contribution in [0.2, 0.25) is 5.02 Å². The average Bonchev–Trinajstić information content (AvgIpc) is 2.69. The predicted octanol–water partition coefficient (Wildman–Crippen LogP) is 3.65. The van der Waals surface area contributed by atoms with Gasteiger partial charge in [0.15, 0.2) is 0 Å². The van der Waals surface area contributed by atoms with Gasteiger partial charge in [-0.25, -0.2) is 9.97 Å². The first-order valence-corrected chi connectivity index (χ1v) is 9.07. The van der Waals surface area contributed by atoms with Crippen molar-refractivity contribution >= 4 is 28.3 Å². The molecule has 1 saturated heterocycles. The van der Waals surface area contributed by atoms with Gasteiger partial charge < -0.3 is 4.90 Å². The molecule has 1 aromatic carbocycles. The lowest BCUT2D eigenvalue weighted by Gasteiger charge is -2.35. The molecule has 0 atom stereocenters. The Morgan fingerprint density at radius 1 is 1.15 bits per heavy atom. The van der Waals surface area contributed by atoms with Crippen molar-refractivity contribution in [3.8, 4) is 11.1 Å². The average molecular weight is 366 g/mol. The van der Waals surface area contributed by atoms with Gasteiger partial charge in [-0.2, -0.15) is 0 Å². The summed E-state index contributed by atoms with van der Waals surface area (Å²) in [5, 5.41) is 1.68. The Bertz CT molecular complexity index is 920. The number of benzene rings is 1. The lowest BCUT2D eigenvalue weighted by molar-refractivity contribution is 0.284. The van der Waals surface area contributed by atoms with Crippen molar-refractivity contribution in [2.24, 2.45) is 0 Å². The topological polar surface area (TPSA) is 45.2 Å². The number of fused-ring (bicyclic) bond motifs is 1. The number of nitrogens with zero attached hydrogens (tertiary/aromatic N) is 5. The molecule has 0 spiro atoms. The van der Waals surface area contributed by atoms with Crippen molar-refractivity contribution in [3.63, 3.8) is 0 Å². The highest BCUT2D eigenvalue weighted by Gasteiger charge is 2.20. The van der Waals surface area contributed by atoms with E-state index in [1.165, 1.54) is 0 Å². The molecule has 132 valence electrons. The molecule has 1 aliphatic heterocycles. The predicted molar refractivity (Wildman–Crippen MR) is 107 cm³/mol. The Morgan fingerprint density at radius 3 is 2.73 bits per heavy atom. The molecule has 0 N–H and O–H groups in total. The van der Waals surface area contributed by atoms with Gasteiger partial charge in [-0.1, -0.05) is 23.7 Å². The fourth-order valence-electron chi connectivity index (χ4n) is 3.38. The van der Waals surface area contributed by atoms with E-state index in [-0.39, 0.29) is 0 Å². The summed E-state index contributed by atoms with van der Waals surface area (Å²) >= 11 is 6.59. The molecule has 0 amide bonds. The van der Waals surface area contributed by atoms with Crippen LogP contribution in [0, 0.1) is 0 Å². The van der Waals surface area contributed by atoms with E-state index < -0.39 is 0 Å². The molecule has 5 nitrogen and oxygen atoms in total. The van der Waals surface area contributed by atoms with Crippen molar-refractivity contribution in [2.75, 3.05) is 37.6 Å². The van der Waals surface area contributed by atoms with Gasteiger partial charge in [-0.15, -0.1) is 6.58 Å². The molecule has 0 radical (unpaired) electrons. The summed E-state index contributed by atoms with van der Waals surface area (Å²) in [6.45, 7) is 8.61. The molecule has 3 heterocycles. The molecule has 0 saturated carbocycles. The minimum Gasteiger partial charge on any atom is -0.353 e. The van der Waals surface area contributed by atoms with Crippen LogP contribution in [0.1, 0.15) is 0 Å². The summed E-state index contributed by atoms with van der Waals surface area (Å²) < 4.78 is 0. The first kappa shape index (κ1) is 16.9. The van der Waals surface area contributed by atoms with Crippen LogP contribution in [0.5, 0.6) is 0 Å². The number of anilines is 1. The van der Waals surface area contributed by atoms with Crippen LogP contribution < -0.4 is 4.90 Å². The maximum Gasteiger partial charge on any atom is 0.140 e. The van der Waals surface area contributed by atoms with Crippen molar-refractivity contribution in [3.05, 3.63) is 60.7 Å². The number of hydrogen-bond donors (Lipinski definition) is 0. The smallest absolute Gasteiger partial charge is 0.140 e. The van der Waals surface area contributed by atoms with Crippen LogP contribution in [0.3, 0.4) is 0 Å². The van der Waals surface area contributed by atoms with Gasteiger partial charge in [-0.05, 0) is 18.2 Å². The van der Waals surface area contributed by atoms with Gasteiger partial charge in [0.2, 0.25) is 0 Å². The lowest BCUT2D eigenvalue weighted by atomic mass is 10.1. The molecule has 26 heavy (non-hydrogen) atoms. The Morgan fingerprint density at radius 2 is 2.00 bits per heavy atom. The highest BCUT2D eigenvalue weighted by Crippen LogP contribution is 2.34. The van der Waals surface area contributed by atoms with E-state index in [4.69, 9.17) is 11.6 Å². The second-order valence-corrected chi connectivity index (χ2v) is 6.77. The lowest BCUT2D eigenvalue weighted by Crippen LogP contribution is -2.46. The number of halogens is 1. The summed E-state index contributed by atoms with van der Waals surface area (Å²) in [7, 11) is 0. The Hall–Kier alpha value is -2.50. The van der Waals surface area contributed by atoms with Crippen LogP contribution in [-0.4, -0.2) is 52.6 Å². The molecule has 1 aliphatic rings. The Balaban J connectivity index is 1.69. The van der Waals surface area contributed by atoms with E-state index in [1.807, 2.05) is 36.5 Å². The molecular weight excluding hydrogens is 346 g/mol. The van der Waals surface area contributed by atoms with Crippen LogP contribution in [0.25, 0.3) is 22.0 Å². The number of piperazine rings is 1. The van der Waals surface area contributed by atoms with Gasteiger partial charge in [0, 0.05) is 66.7 Å². The van der Waals surface area contributed by atoms with Gasteiger partial charge in [-0.3, -0.25) is 9.88 Å². The molecule has 0 bridgehead atoms. The summed E-state index contributed by atoms with van der Waals surface area (Å²) in [6.07, 6.45) is 7.16. The largest absolute Gasteiger partial charge is 0.353 e. The van der Waals surface area contributed by atoms with Crippen LogP contribution in [0.4, 0.5) is 5.82 Å². The van der Waals surface area contributed by atoms with Crippen molar-refractivity contribution in [1.82, 2.24) is 19.9 Å². The second kappa shape index (κ2) is 7.40. The van der Waals surface area contributed by atoms with Crippen molar-refractivity contribution < 1.29 is 0 Å². The molecule has 4 rings (SSSR count). The van der Waals surface area contributed by atoms with Gasteiger partial charge in [0.25, 0.3) is 0 Å². The number of rotatable bonds is 4. The zero-order valence-electron chi connectivity index (χ0n) is 14.5. The normalized spacial score (nSPS) is 15.3. The van der Waals surface area contributed by atoms with E-state index in [2.05, 4.69) is 31.3 Å². The van der Waals surface area contributed by atoms with Crippen molar-refractivity contribution in [2.45, 2.75) is 0 Å². The third-order valence-corrected chi connectivity index (χ3v) is 5.05. The van der Waals surface area contributed by atoms with E-state index in [1.54, 1.807) is 12.5 Å². The summed E-state index contributed by atoms with van der Waals surface area (Å²) in [5.74, 6) is 0.952. The zero-order valence-corrected chi connectivity index (χ0v) is 15.2. The molecule has 6 heteroatoms. The minimum absolute atomic E-state index is 0.687. The Labute approximate surface area is 158 Å². The molecular formula is C20H20ClN5.